The van der Waals surface area contributed by atoms with Crippen LogP contribution in [0.4, 0.5) is 0 Å². The number of hydrogen-bond donors (Lipinski definition) is 0. The van der Waals surface area contributed by atoms with E-state index in [0.717, 1.165) is 6.42 Å². The second kappa shape index (κ2) is 4.67. The quantitative estimate of drug-likeness (QED) is 0.744. The highest BCUT2D eigenvalue weighted by Gasteiger charge is 2.52. The third-order valence-corrected chi connectivity index (χ3v) is 4.13. The lowest BCUT2D eigenvalue weighted by Crippen LogP contribution is -2.53. The Morgan fingerprint density at radius 2 is 1.65 bits per heavy atom. The number of rotatable bonds is 3. The van der Waals surface area contributed by atoms with Gasteiger partial charge in [-0.25, -0.2) is 0 Å². The van der Waals surface area contributed by atoms with Gasteiger partial charge in [0.1, 0.15) is 0 Å². The van der Waals surface area contributed by atoms with E-state index in [2.05, 4.69) is 13.8 Å². The molecule has 17 heavy (non-hydrogen) atoms. The van der Waals surface area contributed by atoms with Gasteiger partial charge in [-0.15, -0.1) is 0 Å². The minimum Gasteiger partial charge on any atom is -0.349 e. The van der Waals surface area contributed by atoms with E-state index in [9.17, 15) is 9.59 Å². The molecule has 4 nitrogen and oxygen atoms in total. The van der Waals surface area contributed by atoms with E-state index in [1.54, 1.807) is 38.0 Å². The van der Waals surface area contributed by atoms with Crippen LogP contribution in [0, 0.1) is 17.3 Å². The molecular weight excluding hydrogens is 216 g/mol. The van der Waals surface area contributed by atoms with Gasteiger partial charge in [0.05, 0.1) is 0 Å². The lowest BCUT2D eigenvalue weighted by atomic mass is 9.53. The molecule has 1 aliphatic rings. The van der Waals surface area contributed by atoms with Crippen LogP contribution in [-0.2, 0) is 9.59 Å². The molecular formula is C13H24N2O2. The number of carbonyl (C=O) groups excluding carboxylic acids is 2. The first-order valence-electron chi connectivity index (χ1n) is 6.09. The zero-order chi connectivity index (χ0) is 13.4. The maximum absolute atomic E-state index is 11.9. The van der Waals surface area contributed by atoms with Gasteiger partial charge in [0.15, 0.2) is 0 Å². The Kier molecular flexibility index (Phi) is 3.84. The molecule has 0 radical (unpaired) electrons. The van der Waals surface area contributed by atoms with E-state index < -0.39 is 0 Å². The molecule has 1 aliphatic carbocycles. The Labute approximate surface area is 104 Å². The standard InChI is InChI=1S/C13H24N2O2/c1-13(2)9(8-11(16)14(3)4)7-10(13)12(17)15(5)6/h9-10H,7-8H2,1-6H3. The second-order valence-electron chi connectivity index (χ2n) is 6.03. The maximum atomic E-state index is 11.9. The molecule has 0 aromatic rings. The van der Waals surface area contributed by atoms with Gasteiger partial charge >= 0.3 is 0 Å². The number of hydrogen-bond acceptors (Lipinski definition) is 2. The largest absolute Gasteiger partial charge is 0.349 e. The Morgan fingerprint density at radius 1 is 1.12 bits per heavy atom. The van der Waals surface area contributed by atoms with Gasteiger partial charge in [-0.05, 0) is 17.8 Å². The van der Waals surface area contributed by atoms with E-state index >= 15 is 0 Å². The summed E-state index contributed by atoms with van der Waals surface area (Å²) in [4.78, 5) is 26.9. The molecule has 98 valence electrons. The van der Waals surface area contributed by atoms with Crippen LogP contribution in [0.25, 0.3) is 0 Å². The third-order valence-electron chi connectivity index (χ3n) is 4.13. The molecule has 1 saturated carbocycles. The average molecular weight is 240 g/mol. The molecule has 0 aromatic heterocycles. The number of carbonyl (C=O) groups is 2. The van der Waals surface area contributed by atoms with Crippen LogP contribution < -0.4 is 0 Å². The molecule has 0 aliphatic heterocycles. The van der Waals surface area contributed by atoms with E-state index in [1.807, 2.05) is 0 Å². The first-order valence-corrected chi connectivity index (χ1v) is 6.09. The number of nitrogens with zero attached hydrogens (tertiary/aromatic N) is 2. The molecule has 4 heteroatoms. The fourth-order valence-electron chi connectivity index (χ4n) is 2.49. The van der Waals surface area contributed by atoms with E-state index in [4.69, 9.17) is 0 Å². The van der Waals surface area contributed by atoms with Crippen LogP contribution >= 0.6 is 0 Å². The molecule has 0 heterocycles. The summed E-state index contributed by atoms with van der Waals surface area (Å²) in [7, 11) is 7.13. The van der Waals surface area contributed by atoms with Gasteiger partial charge < -0.3 is 9.80 Å². The highest BCUT2D eigenvalue weighted by molar-refractivity contribution is 5.81. The van der Waals surface area contributed by atoms with Crippen molar-refractivity contribution in [1.82, 2.24) is 9.80 Å². The SMILES string of the molecule is CN(C)C(=O)CC1CC(C(=O)N(C)C)C1(C)C. The van der Waals surface area contributed by atoms with Gasteiger partial charge in [-0.2, -0.15) is 0 Å². The summed E-state index contributed by atoms with van der Waals surface area (Å²) in [6.45, 7) is 4.19. The predicted molar refractivity (Wildman–Crippen MR) is 67.4 cm³/mol. The topological polar surface area (TPSA) is 40.6 Å². The van der Waals surface area contributed by atoms with Crippen molar-refractivity contribution in [1.29, 1.82) is 0 Å². The maximum Gasteiger partial charge on any atom is 0.225 e. The summed E-state index contributed by atoms with van der Waals surface area (Å²) >= 11 is 0. The Morgan fingerprint density at radius 3 is 2.00 bits per heavy atom. The van der Waals surface area contributed by atoms with Gasteiger partial charge in [-0.3, -0.25) is 9.59 Å². The van der Waals surface area contributed by atoms with Crippen LogP contribution in [-0.4, -0.2) is 49.8 Å². The predicted octanol–water partition coefficient (Wildman–Crippen LogP) is 1.22. The molecule has 0 N–H and O–H groups in total. The van der Waals surface area contributed by atoms with Crippen molar-refractivity contribution in [2.45, 2.75) is 26.7 Å². The van der Waals surface area contributed by atoms with E-state index in [-0.39, 0.29) is 23.1 Å². The van der Waals surface area contributed by atoms with Crippen molar-refractivity contribution in [3.05, 3.63) is 0 Å². The van der Waals surface area contributed by atoms with Crippen LogP contribution in [0.15, 0.2) is 0 Å². The smallest absolute Gasteiger partial charge is 0.225 e. The second-order valence-corrected chi connectivity index (χ2v) is 6.03. The summed E-state index contributed by atoms with van der Waals surface area (Å²) in [6.07, 6.45) is 1.39. The normalized spacial score (nSPS) is 26.0. The minimum absolute atomic E-state index is 0.0625. The Bertz CT molecular complexity index is 321. The average Bonchev–Trinajstić information content (AvgIpc) is 2.21. The minimum atomic E-state index is -0.0625. The molecule has 0 bridgehead atoms. The summed E-state index contributed by atoms with van der Waals surface area (Å²) in [5.41, 5.74) is -0.0625. The fourth-order valence-corrected chi connectivity index (χ4v) is 2.49. The van der Waals surface area contributed by atoms with Gasteiger partial charge in [0.25, 0.3) is 0 Å². The monoisotopic (exact) mass is 240 g/mol. The molecule has 2 atom stereocenters. The Hall–Kier alpha value is -1.06. The molecule has 1 fully saturated rings. The molecule has 2 unspecified atom stereocenters. The van der Waals surface area contributed by atoms with Crippen LogP contribution in [0.2, 0.25) is 0 Å². The first-order chi connectivity index (χ1) is 7.67. The van der Waals surface area contributed by atoms with Gasteiger partial charge in [0, 0.05) is 40.5 Å². The lowest BCUT2D eigenvalue weighted by Gasteiger charge is -2.52. The van der Waals surface area contributed by atoms with E-state index in [1.165, 1.54) is 0 Å². The summed E-state index contributed by atoms with van der Waals surface area (Å²) in [6, 6.07) is 0. The van der Waals surface area contributed by atoms with Crippen LogP contribution in [0.1, 0.15) is 26.7 Å². The molecule has 0 saturated heterocycles. The zero-order valence-corrected chi connectivity index (χ0v) is 11.8. The third kappa shape index (κ3) is 2.61. The van der Waals surface area contributed by atoms with Crippen molar-refractivity contribution in [3.8, 4) is 0 Å². The van der Waals surface area contributed by atoms with Crippen molar-refractivity contribution in [3.63, 3.8) is 0 Å². The van der Waals surface area contributed by atoms with Crippen LogP contribution in [0.3, 0.4) is 0 Å². The van der Waals surface area contributed by atoms with Crippen LogP contribution in [0.5, 0.6) is 0 Å². The van der Waals surface area contributed by atoms with Gasteiger partial charge in [0.2, 0.25) is 11.8 Å². The highest BCUT2D eigenvalue weighted by atomic mass is 16.2. The highest BCUT2D eigenvalue weighted by Crippen LogP contribution is 2.53. The molecule has 0 aromatic carbocycles. The number of amides is 2. The van der Waals surface area contributed by atoms with Crippen molar-refractivity contribution in [2.24, 2.45) is 17.3 Å². The Balaban J connectivity index is 2.61. The molecule has 1 rings (SSSR count). The summed E-state index contributed by atoms with van der Waals surface area (Å²) in [5, 5.41) is 0. The van der Waals surface area contributed by atoms with Crippen molar-refractivity contribution < 1.29 is 9.59 Å². The molecule has 0 spiro atoms. The lowest BCUT2D eigenvalue weighted by molar-refractivity contribution is -0.153. The first kappa shape index (κ1) is 14.0. The van der Waals surface area contributed by atoms with Crippen molar-refractivity contribution >= 4 is 11.8 Å². The van der Waals surface area contributed by atoms with E-state index in [0.29, 0.717) is 12.3 Å². The summed E-state index contributed by atoms with van der Waals surface area (Å²) in [5.74, 6) is 0.728. The fraction of sp³-hybridized carbons (Fsp3) is 0.846. The zero-order valence-electron chi connectivity index (χ0n) is 11.8. The summed E-state index contributed by atoms with van der Waals surface area (Å²) < 4.78 is 0. The van der Waals surface area contributed by atoms with Gasteiger partial charge in [-0.1, -0.05) is 13.8 Å². The molecule has 2 amide bonds. The van der Waals surface area contributed by atoms with Crippen molar-refractivity contribution in [2.75, 3.05) is 28.2 Å².